The number of nitrogens with zero attached hydrogens (tertiary/aromatic N) is 4. The number of hydrogen-bond acceptors (Lipinski definition) is 5. The molecule has 114 valence electrons. The molecule has 1 aromatic carbocycles. The molecule has 3 rings (SSSR count). The van der Waals surface area contributed by atoms with Crippen molar-refractivity contribution in [2.75, 3.05) is 31.1 Å². The van der Waals surface area contributed by atoms with E-state index in [9.17, 15) is 9.90 Å². The molecule has 0 atom stereocenters. The van der Waals surface area contributed by atoms with Crippen LogP contribution in [0.15, 0.2) is 41.1 Å². The van der Waals surface area contributed by atoms with Gasteiger partial charge in [-0.15, -0.1) is 0 Å². The number of aromatic nitrogens is 2. The van der Waals surface area contributed by atoms with Crippen LogP contribution in [0.3, 0.4) is 0 Å². The van der Waals surface area contributed by atoms with Crippen molar-refractivity contribution in [3.8, 4) is 5.75 Å². The third kappa shape index (κ3) is 3.04. The fraction of sp³-hybridized carbons (Fsp3) is 0.267. The van der Waals surface area contributed by atoms with Crippen LogP contribution in [0.5, 0.6) is 5.75 Å². The number of carbonyl (C=O) groups is 1. The summed E-state index contributed by atoms with van der Waals surface area (Å²) in [4.78, 5) is 24.7. The Morgan fingerprint density at radius 1 is 1.14 bits per heavy atom. The largest absolute Gasteiger partial charge is 0.507 e. The Bertz CT molecular complexity index is 672. The first-order valence-corrected chi connectivity index (χ1v) is 7.74. The van der Waals surface area contributed by atoms with Crippen molar-refractivity contribution in [2.24, 2.45) is 0 Å². The molecular weight excluding hydrogens is 348 g/mol. The number of halogens is 1. The van der Waals surface area contributed by atoms with Gasteiger partial charge in [-0.05, 0) is 24.3 Å². The quantitative estimate of drug-likeness (QED) is 0.883. The van der Waals surface area contributed by atoms with Crippen molar-refractivity contribution >= 4 is 27.8 Å². The lowest BCUT2D eigenvalue weighted by atomic mass is 10.1. The highest BCUT2D eigenvalue weighted by Crippen LogP contribution is 2.24. The summed E-state index contributed by atoms with van der Waals surface area (Å²) in [6.07, 6.45) is 3.42. The van der Waals surface area contributed by atoms with E-state index >= 15 is 0 Å². The van der Waals surface area contributed by atoms with E-state index in [-0.39, 0.29) is 11.7 Å². The summed E-state index contributed by atoms with van der Waals surface area (Å²) in [6, 6.07) is 6.69. The van der Waals surface area contributed by atoms with Crippen molar-refractivity contribution in [1.82, 2.24) is 14.9 Å². The van der Waals surface area contributed by atoms with Crippen LogP contribution < -0.4 is 4.90 Å². The van der Waals surface area contributed by atoms with Crippen LogP contribution in [0.2, 0.25) is 0 Å². The first kappa shape index (κ1) is 14.8. The zero-order chi connectivity index (χ0) is 15.5. The summed E-state index contributed by atoms with van der Waals surface area (Å²) in [5.74, 6) is 0.521. The standard InChI is InChI=1S/C15H15BrN4O2/c16-11-2-3-12(13(21)10-11)14(22)19-6-8-20(9-7-19)15-17-4-1-5-18-15/h1-5,10,21H,6-9H2. The average Bonchev–Trinajstić information content (AvgIpc) is 2.55. The van der Waals surface area contributed by atoms with Crippen LogP contribution in [0.1, 0.15) is 10.4 Å². The topological polar surface area (TPSA) is 69.6 Å². The van der Waals surface area contributed by atoms with Gasteiger partial charge in [0.15, 0.2) is 0 Å². The first-order chi connectivity index (χ1) is 10.6. The molecule has 0 bridgehead atoms. The fourth-order valence-electron chi connectivity index (χ4n) is 2.42. The van der Waals surface area contributed by atoms with Crippen LogP contribution in [-0.2, 0) is 0 Å². The molecule has 0 unspecified atom stereocenters. The van der Waals surface area contributed by atoms with Gasteiger partial charge in [-0.2, -0.15) is 0 Å². The van der Waals surface area contributed by atoms with E-state index in [1.807, 2.05) is 4.90 Å². The molecule has 6 nitrogen and oxygen atoms in total. The summed E-state index contributed by atoms with van der Waals surface area (Å²) in [5.41, 5.74) is 0.326. The SMILES string of the molecule is O=C(c1ccc(Br)cc1O)N1CCN(c2ncccn2)CC1. The van der Waals surface area contributed by atoms with Crippen molar-refractivity contribution in [3.05, 3.63) is 46.7 Å². The predicted molar refractivity (Wildman–Crippen MR) is 86.0 cm³/mol. The maximum Gasteiger partial charge on any atom is 0.257 e. The molecule has 0 aliphatic carbocycles. The van der Waals surface area contributed by atoms with E-state index in [1.54, 1.807) is 35.5 Å². The van der Waals surface area contributed by atoms with Crippen molar-refractivity contribution in [3.63, 3.8) is 0 Å². The molecule has 2 heterocycles. The first-order valence-electron chi connectivity index (χ1n) is 6.95. The molecule has 1 amide bonds. The normalized spacial score (nSPS) is 15.0. The van der Waals surface area contributed by atoms with E-state index in [0.29, 0.717) is 37.7 Å². The van der Waals surface area contributed by atoms with E-state index in [0.717, 1.165) is 4.47 Å². The van der Waals surface area contributed by atoms with Gasteiger partial charge in [0.05, 0.1) is 5.56 Å². The minimum atomic E-state index is -0.154. The van der Waals surface area contributed by atoms with E-state index in [2.05, 4.69) is 25.9 Å². The Hall–Kier alpha value is -2.15. The van der Waals surface area contributed by atoms with Crippen LogP contribution in [0.4, 0.5) is 5.95 Å². The highest BCUT2D eigenvalue weighted by molar-refractivity contribution is 9.10. The molecule has 7 heteroatoms. The zero-order valence-corrected chi connectivity index (χ0v) is 13.4. The maximum atomic E-state index is 12.5. The van der Waals surface area contributed by atoms with E-state index in [1.165, 1.54) is 6.07 Å². The number of carbonyl (C=O) groups excluding carboxylic acids is 1. The highest BCUT2D eigenvalue weighted by atomic mass is 79.9. The van der Waals surface area contributed by atoms with Gasteiger partial charge in [0.25, 0.3) is 5.91 Å². The number of phenols is 1. The van der Waals surface area contributed by atoms with E-state index in [4.69, 9.17) is 0 Å². The van der Waals surface area contributed by atoms with Crippen LogP contribution in [0.25, 0.3) is 0 Å². The van der Waals surface area contributed by atoms with Gasteiger partial charge in [0.2, 0.25) is 5.95 Å². The number of rotatable bonds is 2. The molecule has 1 aromatic heterocycles. The minimum absolute atomic E-state index is 0.00630. The van der Waals surface area contributed by atoms with Crippen LogP contribution in [-0.4, -0.2) is 52.1 Å². The Labute approximate surface area is 136 Å². The number of benzene rings is 1. The molecule has 1 saturated heterocycles. The number of hydrogen-bond donors (Lipinski definition) is 1. The molecular formula is C15H15BrN4O2. The predicted octanol–water partition coefficient (Wildman–Crippen LogP) is 1.91. The summed E-state index contributed by atoms with van der Waals surface area (Å²) < 4.78 is 0.743. The van der Waals surface area contributed by atoms with Crippen molar-refractivity contribution < 1.29 is 9.90 Å². The summed E-state index contributed by atoms with van der Waals surface area (Å²) in [7, 11) is 0. The fourth-order valence-corrected chi connectivity index (χ4v) is 2.77. The summed E-state index contributed by atoms with van der Waals surface area (Å²) in [6.45, 7) is 2.50. The Balaban J connectivity index is 1.67. The Morgan fingerprint density at radius 2 is 1.82 bits per heavy atom. The zero-order valence-electron chi connectivity index (χ0n) is 11.8. The Morgan fingerprint density at radius 3 is 2.45 bits per heavy atom. The van der Waals surface area contributed by atoms with Gasteiger partial charge in [-0.1, -0.05) is 15.9 Å². The second kappa shape index (κ2) is 6.31. The molecule has 1 N–H and O–H groups in total. The number of aromatic hydroxyl groups is 1. The van der Waals surface area contributed by atoms with Crippen LogP contribution >= 0.6 is 15.9 Å². The second-order valence-corrected chi connectivity index (χ2v) is 5.91. The maximum absolute atomic E-state index is 12.5. The Kier molecular flexibility index (Phi) is 4.24. The van der Waals surface area contributed by atoms with Gasteiger partial charge in [0.1, 0.15) is 5.75 Å². The van der Waals surface area contributed by atoms with Gasteiger partial charge in [-0.25, -0.2) is 9.97 Å². The average molecular weight is 363 g/mol. The molecule has 0 spiro atoms. The summed E-state index contributed by atoms with van der Waals surface area (Å²) >= 11 is 3.27. The van der Waals surface area contributed by atoms with Gasteiger partial charge in [0, 0.05) is 43.0 Å². The van der Waals surface area contributed by atoms with Crippen LogP contribution in [0, 0.1) is 0 Å². The highest BCUT2D eigenvalue weighted by Gasteiger charge is 2.24. The molecule has 0 radical (unpaired) electrons. The number of piperazine rings is 1. The monoisotopic (exact) mass is 362 g/mol. The molecule has 1 aliphatic rings. The third-order valence-electron chi connectivity index (χ3n) is 3.59. The minimum Gasteiger partial charge on any atom is -0.507 e. The lowest BCUT2D eigenvalue weighted by molar-refractivity contribution is 0.0743. The van der Waals surface area contributed by atoms with Crippen molar-refractivity contribution in [2.45, 2.75) is 0 Å². The molecule has 22 heavy (non-hydrogen) atoms. The van der Waals surface area contributed by atoms with Gasteiger partial charge in [-0.3, -0.25) is 4.79 Å². The van der Waals surface area contributed by atoms with Gasteiger partial charge >= 0.3 is 0 Å². The summed E-state index contributed by atoms with van der Waals surface area (Å²) in [5, 5.41) is 9.91. The van der Waals surface area contributed by atoms with E-state index < -0.39 is 0 Å². The number of anilines is 1. The smallest absolute Gasteiger partial charge is 0.257 e. The van der Waals surface area contributed by atoms with Crippen molar-refractivity contribution in [1.29, 1.82) is 0 Å². The molecule has 1 fully saturated rings. The lowest BCUT2D eigenvalue weighted by Gasteiger charge is -2.34. The molecule has 1 aliphatic heterocycles. The molecule has 0 saturated carbocycles. The third-order valence-corrected chi connectivity index (χ3v) is 4.09. The van der Waals surface area contributed by atoms with Gasteiger partial charge < -0.3 is 14.9 Å². The second-order valence-electron chi connectivity index (χ2n) is 4.99. The molecule has 2 aromatic rings. The lowest BCUT2D eigenvalue weighted by Crippen LogP contribution is -2.49. The number of phenolic OH excluding ortho intramolecular Hbond substituents is 1. The number of amides is 1.